The Bertz CT molecular complexity index is 565. The number of aromatic nitrogens is 1. The number of fused-ring (bicyclic) bond motifs is 1. The summed E-state index contributed by atoms with van der Waals surface area (Å²) in [6.45, 7) is 7.55. The summed E-state index contributed by atoms with van der Waals surface area (Å²) >= 11 is 0. The first-order chi connectivity index (χ1) is 9.04. The maximum absolute atomic E-state index is 4.45. The molecule has 0 aliphatic carbocycles. The molecule has 19 heavy (non-hydrogen) atoms. The number of nitrogens with zero attached hydrogens (tertiary/aromatic N) is 1. The predicted octanol–water partition coefficient (Wildman–Crippen LogP) is 4.03. The zero-order chi connectivity index (χ0) is 13.7. The third-order valence-corrected chi connectivity index (χ3v) is 2.89. The van der Waals surface area contributed by atoms with E-state index in [1.807, 2.05) is 24.4 Å². The highest BCUT2D eigenvalue weighted by molar-refractivity contribution is 5.80. The molecule has 0 spiro atoms. The first-order valence-corrected chi connectivity index (χ1v) is 6.81. The number of pyridine rings is 1. The normalized spacial score (nSPS) is 12.4. The van der Waals surface area contributed by atoms with E-state index < -0.39 is 0 Å². The van der Waals surface area contributed by atoms with E-state index in [0.29, 0.717) is 0 Å². The Kier molecular flexibility index (Phi) is 4.33. The van der Waals surface area contributed by atoms with Crippen molar-refractivity contribution in [1.82, 2.24) is 10.3 Å². The van der Waals surface area contributed by atoms with Crippen molar-refractivity contribution < 1.29 is 0 Å². The number of rotatable bonds is 4. The predicted molar refractivity (Wildman–Crippen MR) is 83.1 cm³/mol. The van der Waals surface area contributed by atoms with Crippen molar-refractivity contribution >= 4 is 17.0 Å². The Morgan fingerprint density at radius 1 is 1.21 bits per heavy atom. The van der Waals surface area contributed by atoms with Crippen LogP contribution in [0.1, 0.15) is 32.8 Å². The Morgan fingerprint density at radius 3 is 2.79 bits per heavy atom. The molecule has 0 aliphatic heterocycles. The molecule has 0 atom stereocenters. The summed E-state index contributed by atoms with van der Waals surface area (Å²) in [6, 6.07) is 10.4. The lowest BCUT2D eigenvalue weighted by molar-refractivity contribution is 0.431. The van der Waals surface area contributed by atoms with Gasteiger partial charge in [-0.25, -0.2) is 0 Å². The third kappa shape index (κ3) is 4.49. The van der Waals surface area contributed by atoms with Crippen LogP contribution in [-0.2, 0) is 0 Å². The number of hydrogen-bond acceptors (Lipinski definition) is 2. The number of benzene rings is 1. The van der Waals surface area contributed by atoms with Gasteiger partial charge in [-0.3, -0.25) is 4.98 Å². The highest BCUT2D eigenvalue weighted by Gasteiger charge is 2.06. The summed E-state index contributed by atoms with van der Waals surface area (Å²) in [5, 5.41) is 4.66. The lowest BCUT2D eigenvalue weighted by Crippen LogP contribution is -2.36. The molecule has 1 aromatic carbocycles. The molecule has 1 heterocycles. The molecule has 0 saturated carbocycles. The van der Waals surface area contributed by atoms with Crippen LogP contribution in [0.2, 0.25) is 0 Å². The van der Waals surface area contributed by atoms with Gasteiger partial charge in [-0.05, 0) is 51.4 Å². The number of nitrogens with one attached hydrogen (secondary N) is 1. The van der Waals surface area contributed by atoms with Gasteiger partial charge in [0.15, 0.2) is 0 Å². The highest BCUT2D eigenvalue weighted by atomic mass is 14.9. The monoisotopic (exact) mass is 254 g/mol. The largest absolute Gasteiger partial charge is 0.312 e. The molecular formula is C17H22N2. The number of para-hydroxylation sites is 1. The summed E-state index contributed by atoms with van der Waals surface area (Å²) in [4.78, 5) is 4.45. The fourth-order valence-corrected chi connectivity index (χ4v) is 1.93. The van der Waals surface area contributed by atoms with Crippen LogP contribution in [0.5, 0.6) is 0 Å². The maximum atomic E-state index is 4.45. The fourth-order valence-electron chi connectivity index (χ4n) is 1.93. The molecule has 2 rings (SSSR count). The second-order valence-corrected chi connectivity index (χ2v) is 5.83. The summed E-state index contributed by atoms with van der Waals surface area (Å²) in [7, 11) is 0. The Morgan fingerprint density at radius 2 is 2.00 bits per heavy atom. The average Bonchev–Trinajstić information content (AvgIpc) is 2.37. The molecule has 0 bridgehead atoms. The van der Waals surface area contributed by atoms with Gasteiger partial charge in [0.05, 0.1) is 5.52 Å². The first-order valence-electron chi connectivity index (χ1n) is 6.81. The molecule has 0 unspecified atom stereocenters. The third-order valence-electron chi connectivity index (χ3n) is 2.89. The SMILES string of the molecule is CC(C)(C)NCCC=Cc1cnc2ccccc2c1. The van der Waals surface area contributed by atoms with Crippen molar-refractivity contribution in [3.05, 3.63) is 48.2 Å². The molecule has 0 amide bonds. The van der Waals surface area contributed by atoms with Crippen LogP contribution in [0.15, 0.2) is 42.6 Å². The summed E-state index contributed by atoms with van der Waals surface area (Å²) in [6.07, 6.45) is 7.30. The summed E-state index contributed by atoms with van der Waals surface area (Å²) in [5.41, 5.74) is 2.40. The molecule has 0 radical (unpaired) electrons. The summed E-state index contributed by atoms with van der Waals surface area (Å²) < 4.78 is 0. The molecule has 2 nitrogen and oxygen atoms in total. The van der Waals surface area contributed by atoms with Crippen LogP contribution >= 0.6 is 0 Å². The fraction of sp³-hybridized carbons (Fsp3) is 0.353. The lowest BCUT2D eigenvalue weighted by Gasteiger charge is -2.19. The van der Waals surface area contributed by atoms with Crippen molar-refractivity contribution in [2.75, 3.05) is 6.54 Å². The van der Waals surface area contributed by atoms with Gasteiger partial charge in [0.2, 0.25) is 0 Å². The van der Waals surface area contributed by atoms with Crippen LogP contribution in [0, 0.1) is 0 Å². The van der Waals surface area contributed by atoms with E-state index in [9.17, 15) is 0 Å². The van der Waals surface area contributed by atoms with E-state index in [0.717, 1.165) is 24.0 Å². The number of hydrogen-bond donors (Lipinski definition) is 1. The van der Waals surface area contributed by atoms with Crippen LogP contribution in [-0.4, -0.2) is 17.1 Å². The van der Waals surface area contributed by atoms with Gasteiger partial charge in [0, 0.05) is 17.1 Å². The van der Waals surface area contributed by atoms with E-state index in [2.05, 4.69) is 55.4 Å². The smallest absolute Gasteiger partial charge is 0.0702 e. The first kappa shape index (κ1) is 13.8. The van der Waals surface area contributed by atoms with Gasteiger partial charge in [-0.15, -0.1) is 0 Å². The molecule has 2 aromatic rings. The Labute approximate surface area is 115 Å². The average molecular weight is 254 g/mol. The van der Waals surface area contributed by atoms with Crippen molar-refractivity contribution in [1.29, 1.82) is 0 Å². The van der Waals surface area contributed by atoms with Crippen molar-refractivity contribution in [3.63, 3.8) is 0 Å². The quantitative estimate of drug-likeness (QED) is 0.833. The van der Waals surface area contributed by atoms with Gasteiger partial charge >= 0.3 is 0 Å². The Balaban J connectivity index is 1.94. The van der Waals surface area contributed by atoms with Crippen LogP contribution in [0.4, 0.5) is 0 Å². The van der Waals surface area contributed by atoms with Gasteiger partial charge in [-0.2, -0.15) is 0 Å². The van der Waals surface area contributed by atoms with Gasteiger partial charge in [0.1, 0.15) is 0 Å². The van der Waals surface area contributed by atoms with Crippen LogP contribution in [0.3, 0.4) is 0 Å². The standard InChI is InChI=1S/C17H22N2/c1-17(2,3)19-11-7-6-8-14-12-15-9-4-5-10-16(15)18-13-14/h4-6,8-10,12-13,19H,7,11H2,1-3H3. The molecule has 1 N–H and O–H groups in total. The van der Waals surface area contributed by atoms with Gasteiger partial charge in [-0.1, -0.05) is 30.4 Å². The van der Waals surface area contributed by atoms with Crippen LogP contribution < -0.4 is 5.32 Å². The van der Waals surface area contributed by atoms with Crippen molar-refractivity contribution in [2.24, 2.45) is 0 Å². The summed E-state index contributed by atoms with van der Waals surface area (Å²) in [5.74, 6) is 0. The maximum Gasteiger partial charge on any atom is 0.0702 e. The minimum absolute atomic E-state index is 0.193. The van der Waals surface area contributed by atoms with E-state index in [-0.39, 0.29) is 5.54 Å². The zero-order valence-electron chi connectivity index (χ0n) is 12.0. The van der Waals surface area contributed by atoms with E-state index in [1.165, 1.54) is 5.39 Å². The molecule has 0 fully saturated rings. The van der Waals surface area contributed by atoms with E-state index in [4.69, 9.17) is 0 Å². The minimum atomic E-state index is 0.193. The molecule has 0 saturated heterocycles. The van der Waals surface area contributed by atoms with E-state index in [1.54, 1.807) is 0 Å². The van der Waals surface area contributed by atoms with E-state index >= 15 is 0 Å². The topological polar surface area (TPSA) is 24.9 Å². The molecule has 0 aliphatic rings. The van der Waals surface area contributed by atoms with Crippen molar-refractivity contribution in [2.45, 2.75) is 32.7 Å². The second-order valence-electron chi connectivity index (χ2n) is 5.83. The molecule has 100 valence electrons. The lowest BCUT2D eigenvalue weighted by atomic mass is 10.1. The van der Waals surface area contributed by atoms with Crippen LogP contribution in [0.25, 0.3) is 17.0 Å². The molecular weight excluding hydrogens is 232 g/mol. The minimum Gasteiger partial charge on any atom is -0.312 e. The van der Waals surface area contributed by atoms with Gasteiger partial charge in [0.25, 0.3) is 0 Å². The van der Waals surface area contributed by atoms with Crippen molar-refractivity contribution in [3.8, 4) is 0 Å². The van der Waals surface area contributed by atoms with Gasteiger partial charge < -0.3 is 5.32 Å². The second kappa shape index (κ2) is 5.98. The molecule has 1 aromatic heterocycles. The Hall–Kier alpha value is -1.67. The molecule has 2 heteroatoms. The zero-order valence-corrected chi connectivity index (χ0v) is 12.0. The highest BCUT2D eigenvalue weighted by Crippen LogP contribution is 2.13.